The van der Waals surface area contributed by atoms with Crippen LogP contribution in [0.1, 0.15) is 84.8 Å². The Balaban J connectivity index is 1.28. The smallest absolute Gasteiger partial charge is 0.408 e. The number of ether oxygens (including phenoxy) is 3. The van der Waals surface area contributed by atoms with Crippen LogP contribution >= 0.6 is 11.6 Å². The van der Waals surface area contributed by atoms with Gasteiger partial charge in [0.15, 0.2) is 9.75 Å². The van der Waals surface area contributed by atoms with E-state index in [4.69, 9.17) is 35.8 Å². The molecule has 5 aliphatic rings. The maximum atomic E-state index is 14.8. The highest BCUT2D eigenvalue weighted by molar-refractivity contribution is 7.93. The molecule has 4 fully saturated rings. The third kappa shape index (κ3) is 8.05. The monoisotopic (exact) mass is 848 g/mol. The maximum absolute atomic E-state index is 14.8. The van der Waals surface area contributed by atoms with Gasteiger partial charge >= 0.3 is 6.09 Å². The first kappa shape index (κ1) is 41.6. The Kier molecular flexibility index (Phi) is 10.9. The van der Waals surface area contributed by atoms with Gasteiger partial charge in [-0.2, -0.15) is 8.78 Å². The van der Waals surface area contributed by atoms with Crippen LogP contribution in [0, 0.1) is 11.3 Å². The summed E-state index contributed by atoms with van der Waals surface area (Å²) >= 11 is 6.09. The van der Waals surface area contributed by atoms with E-state index in [0.29, 0.717) is 35.3 Å². The van der Waals surface area contributed by atoms with Crippen LogP contribution < -0.4 is 24.8 Å². The number of sulfonamides is 1. The second-order valence-electron chi connectivity index (χ2n) is 16.7. The number of alkyl carbamates (subject to hydrolysis) is 1. The summed E-state index contributed by atoms with van der Waals surface area (Å²) in [5.41, 5.74) is -2.36. The van der Waals surface area contributed by atoms with Gasteiger partial charge in [-0.05, 0) is 74.5 Å². The number of alkyl halides is 1. The van der Waals surface area contributed by atoms with Gasteiger partial charge in [-0.15, -0.1) is 0 Å². The predicted molar refractivity (Wildman–Crippen MR) is 206 cm³/mol. The standard InChI is InChI=1S/C39H47ClF2N6O9S/c1-6-22-28-19-48(29(22)32(49)46-39(18-23(39)31(41)42)35(51)47-58(53,54)38(40)14-15-38)34(50)30(37(2,3)4)45-36(52)57-27-16-20(27)10-8-7-9-11-25-33(56-28)44-26-17-21(55-5)12-13-24(26)43-25/h6,12-13,17,20,27-30H,7-11,14-16,18-19H2,1-5H3,(H,45,52)(H,46,49)(H,47,51)/b22-6+/t20-,27-,28+,29+,30-,39-/m1/s1. The second-order valence-corrected chi connectivity index (χ2v) is 19.7. The summed E-state index contributed by atoms with van der Waals surface area (Å²) in [6, 6.07) is 2.41. The highest BCUT2D eigenvalue weighted by Crippen LogP contribution is 2.50. The van der Waals surface area contributed by atoms with Crippen LogP contribution in [-0.4, -0.2) is 94.8 Å². The number of rotatable bonds is 6. The van der Waals surface area contributed by atoms with E-state index in [9.17, 15) is 36.4 Å². The number of carbonyl (C=O) groups is 4. The van der Waals surface area contributed by atoms with Crippen molar-refractivity contribution in [2.75, 3.05) is 13.7 Å². The summed E-state index contributed by atoms with van der Waals surface area (Å²) in [5.74, 6) is -2.34. The van der Waals surface area contributed by atoms with Gasteiger partial charge in [0.2, 0.25) is 17.7 Å². The van der Waals surface area contributed by atoms with E-state index in [-0.39, 0.29) is 42.9 Å². The molecule has 7 rings (SSSR count). The fourth-order valence-electron chi connectivity index (χ4n) is 7.71. The molecule has 2 bridgehead atoms. The number of allylic oxidation sites excluding steroid dienone is 1. The molecule has 3 N–H and O–H groups in total. The number of nitrogens with one attached hydrogen (secondary N) is 3. The second kappa shape index (κ2) is 15.2. The summed E-state index contributed by atoms with van der Waals surface area (Å²) in [6.45, 7) is 6.49. The number of hydrogen-bond acceptors (Lipinski definition) is 11. The van der Waals surface area contributed by atoms with Crippen molar-refractivity contribution in [3.05, 3.63) is 47.2 Å². The number of methoxy groups -OCH3 is 1. The van der Waals surface area contributed by atoms with Crippen molar-refractivity contribution in [1.82, 2.24) is 30.2 Å². The van der Waals surface area contributed by atoms with Crippen molar-refractivity contribution in [3.8, 4) is 11.6 Å². The number of aryl methyl sites for hydroxylation is 1. The number of carbonyl (C=O) groups excluding carboxylic acids is 4. The Morgan fingerprint density at radius 3 is 2.48 bits per heavy atom. The lowest BCUT2D eigenvalue weighted by molar-refractivity contribution is -0.142. The van der Waals surface area contributed by atoms with Crippen LogP contribution in [0.4, 0.5) is 13.6 Å². The Morgan fingerprint density at radius 1 is 1.10 bits per heavy atom. The van der Waals surface area contributed by atoms with Crippen LogP contribution in [0.15, 0.2) is 41.5 Å². The van der Waals surface area contributed by atoms with E-state index in [1.807, 2.05) is 0 Å². The quantitative estimate of drug-likeness (QED) is 0.268. The highest BCUT2D eigenvalue weighted by Gasteiger charge is 2.64. The molecule has 15 nitrogen and oxygen atoms in total. The molecule has 58 heavy (non-hydrogen) atoms. The van der Waals surface area contributed by atoms with Gasteiger partial charge in [-0.1, -0.05) is 51.3 Å². The summed E-state index contributed by atoms with van der Waals surface area (Å²) in [7, 11) is -2.99. The third-order valence-electron chi connectivity index (χ3n) is 11.5. The van der Waals surface area contributed by atoms with Crippen molar-refractivity contribution in [2.24, 2.45) is 11.3 Å². The number of amides is 4. The van der Waals surface area contributed by atoms with Gasteiger partial charge in [-0.3, -0.25) is 14.4 Å². The molecule has 4 amide bonds. The molecule has 3 aliphatic carbocycles. The molecule has 0 unspecified atom stereocenters. The average Bonchev–Trinajstić information content (AvgIpc) is 4.11. The Morgan fingerprint density at radius 2 is 1.84 bits per heavy atom. The summed E-state index contributed by atoms with van der Waals surface area (Å²) in [5, 5.41) is 5.08. The Hall–Kier alpha value is -4.58. The molecule has 6 atom stereocenters. The van der Waals surface area contributed by atoms with Crippen molar-refractivity contribution >= 4 is 56.5 Å². The normalized spacial score (nSPS) is 29.1. The van der Waals surface area contributed by atoms with Gasteiger partial charge in [0.1, 0.15) is 35.7 Å². The molecule has 3 saturated carbocycles. The Labute approximate surface area is 339 Å². The lowest BCUT2D eigenvalue weighted by Gasteiger charge is -2.35. The van der Waals surface area contributed by atoms with Crippen molar-refractivity contribution in [3.63, 3.8) is 0 Å². The van der Waals surface area contributed by atoms with Crippen LogP contribution in [0.3, 0.4) is 0 Å². The number of fused-ring (bicyclic) bond motifs is 5. The fraction of sp³-hybridized carbons (Fsp3) is 0.590. The lowest BCUT2D eigenvalue weighted by Crippen LogP contribution is -2.60. The van der Waals surface area contributed by atoms with Crippen LogP contribution in [0.5, 0.6) is 11.6 Å². The number of halogens is 3. The minimum Gasteiger partial charge on any atom is -0.497 e. The minimum absolute atomic E-state index is 0.0382. The highest BCUT2D eigenvalue weighted by atomic mass is 35.5. The molecular weight excluding hydrogens is 802 g/mol. The maximum Gasteiger partial charge on any atom is 0.408 e. The molecule has 0 radical (unpaired) electrons. The van der Waals surface area contributed by atoms with Crippen LogP contribution in [-0.2, 0) is 35.6 Å². The minimum atomic E-state index is -4.51. The molecule has 2 aliphatic heterocycles. The summed E-state index contributed by atoms with van der Waals surface area (Å²) in [4.78, 5) is 67.1. The van der Waals surface area contributed by atoms with Gasteiger partial charge < -0.3 is 29.7 Å². The summed E-state index contributed by atoms with van der Waals surface area (Å²) < 4.78 is 72.0. The molecule has 1 saturated heterocycles. The van der Waals surface area contributed by atoms with Crippen LogP contribution in [0.2, 0.25) is 0 Å². The van der Waals surface area contributed by atoms with Crippen molar-refractivity contribution in [2.45, 2.75) is 120 Å². The molecular formula is C39H47ClF2N6O9S. The van der Waals surface area contributed by atoms with E-state index >= 15 is 0 Å². The molecule has 0 spiro atoms. The van der Waals surface area contributed by atoms with E-state index in [1.54, 1.807) is 56.7 Å². The number of aromatic nitrogens is 2. The van der Waals surface area contributed by atoms with Crippen molar-refractivity contribution in [1.29, 1.82) is 0 Å². The van der Waals surface area contributed by atoms with E-state index in [1.165, 1.54) is 7.11 Å². The van der Waals surface area contributed by atoms with Crippen LogP contribution in [0.25, 0.3) is 11.0 Å². The van der Waals surface area contributed by atoms with Crippen molar-refractivity contribution < 1.29 is 50.6 Å². The first-order valence-corrected chi connectivity index (χ1v) is 21.2. The first-order valence-electron chi connectivity index (χ1n) is 19.4. The molecule has 1 aromatic carbocycles. The third-order valence-corrected chi connectivity index (χ3v) is 14.3. The van der Waals surface area contributed by atoms with E-state index < -0.39 is 85.3 Å². The molecule has 2 aromatic rings. The fourth-order valence-corrected chi connectivity index (χ4v) is 9.17. The zero-order chi connectivity index (χ0) is 41.9. The molecule has 1 aromatic heterocycles. The molecule has 19 heteroatoms. The topological polar surface area (TPSA) is 195 Å². The summed E-state index contributed by atoms with van der Waals surface area (Å²) in [6.07, 6.45) is 1.01. The van der Waals surface area contributed by atoms with Gasteiger partial charge in [0, 0.05) is 18.1 Å². The lowest BCUT2D eigenvalue weighted by atomic mass is 9.85. The van der Waals surface area contributed by atoms with Gasteiger partial charge in [-0.25, -0.2) is 27.9 Å². The van der Waals surface area contributed by atoms with E-state index in [2.05, 4.69) is 10.6 Å². The number of hydrogen-bond donors (Lipinski definition) is 3. The molecule has 314 valence electrons. The first-order chi connectivity index (χ1) is 27.3. The predicted octanol–water partition coefficient (Wildman–Crippen LogP) is 4.77. The SMILES string of the molecule is C/C=C1\[C@@H]2CN(C(=O)[C@H](C(C)(C)C)NC(=O)O[C@@H]3C[C@H]3CCCCCc3nc4ccc(OC)cc4nc3O2)[C@@H]1C(=O)N[C@]1(C(=O)NS(=O)(=O)C2(Cl)CC2)CC1=C(F)F. The van der Waals surface area contributed by atoms with Gasteiger partial charge in [0.25, 0.3) is 22.0 Å². The average molecular weight is 849 g/mol. The number of benzene rings is 1. The zero-order valence-corrected chi connectivity index (χ0v) is 34.4. The Bertz CT molecular complexity index is 2220. The number of nitrogens with zero attached hydrogens (tertiary/aromatic N) is 3. The van der Waals surface area contributed by atoms with Gasteiger partial charge in [0.05, 0.1) is 24.7 Å². The molecule has 3 heterocycles. The largest absolute Gasteiger partial charge is 0.497 e. The zero-order valence-electron chi connectivity index (χ0n) is 32.8. The van der Waals surface area contributed by atoms with E-state index in [0.717, 1.165) is 30.6 Å².